The summed E-state index contributed by atoms with van der Waals surface area (Å²) >= 11 is 0. The molecule has 1 heterocycles. The van der Waals surface area contributed by atoms with Gasteiger partial charge in [0.25, 0.3) is 5.56 Å². The third-order valence-corrected chi connectivity index (χ3v) is 1.41. The third-order valence-electron chi connectivity index (χ3n) is 1.41. The standard InChI is InChI=1S/C6H9N3O.C2H6/c1-3-4(2)8-6(7)9-5(3)10;1-2/h1-2H3,(H3,7,8,9,10);1-2H3. The molecule has 0 unspecified atom stereocenters. The fraction of sp³-hybridized carbons (Fsp3) is 0.500. The molecule has 0 saturated carbocycles. The summed E-state index contributed by atoms with van der Waals surface area (Å²) in [7, 11) is 0. The van der Waals surface area contributed by atoms with E-state index in [1.165, 1.54) is 0 Å². The van der Waals surface area contributed by atoms with Gasteiger partial charge < -0.3 is 5.73 Å². The molecule has 0 aliphatic carbocycles. The van der Waals surface area contributed by atoms with Crippen molar-refractivity contribution in [3.8, 4) is 0 Å². The van der Waals surface area contributed by atoms with Crippen LogP contribution in [0.1, 0.15) is 25.1 Å². The number of anilines is 1. The molecule has 4 nitrogen and oxygen atoms in total. The van der Waals surface area contributed by atoms with Crippen LogP contribution < -0.4 is 11.3 Å². The van der Waals surface area contributed by atoms with E-state index in [2.05, 4.69) is 9.97 Å². The first-order valence-electron chi connectivity index (χ1n) is 3.94. The molecule has 1 rings (SSSR count). The zero-order valence-electron chi connectivity index (χ0n) is 7.93. The molecule has 12 heavy (non-hydrogen) atoms. The van der Waals surface area contributed by atoms with Crippen molar-refractivity contribution in [2.24, 2.45) is 0 Å². The summed E-state index contributed by atoms with van der Waals surface area (Å²) in [6.45, 7) is 7.46. The molecule has 0 fully saturated rings. The summed E-state index contributed by atoms with van der Waals surface area (Å²) in [6.07, 6.45) is 0. The van der Waals surface area contributed by atoms with Crippen molar-refractivity contribution < 1.29 is 0 Å². The largest absolute Gasteiger partial charge is 0.369 e. The predicted molar refractivity (Wildman–Crippen MR) is 50.1 cm³/mol. The van der Waals surface area contributed by atoms with Crippen molar-refractivity contribution >= 4 is 5.95 Å². The molecule has 0 spiro atoms. The van der Waals surface area contributed by atoms with E-state index < -0.39 is 0 Å². The number of aromatic amines is 1. The van der Waals surface area contributed by atoms with Crippen LogP contribution in [0.5, 0.6) is 0 Å². The van der Waals surface area contributed by atoms with E-state index >= 15 is 0 Å². The molecule has 0 saturated heterocycles. The first-order chi connectivity index (χ1) is 5.61. The molecule has 1 aromatic heterocycles. The smallest absolute Gasteiger partial charge is 0.255 e. The molecular formula is C8H15N3O. The summed E-state index contributed by atoms with van der Waals surface area (Å²) in [6, 6.07) is 0. The maximum absolute atomic E-state index is 10.9. The molecule has 0 aliphatic rings. The second kappa shape index (κ2) is 4.54. The average molecular weight is 169 g/mol. The third kappa shape index (κ3) is 2.38. The predicted octanol–water partition coefficient (Wildman–Crippen LogP) is 0.995. The molecular weight excluding hydrogens is 154 g/mol. The van der Waals surface area contributed by atoms with Crippen molar-refractivity contribution in [2.75, 3.05) is 5.73 Å². The lowest BCUT2D eigenvalue weighted by atomic mass is 10.3. The number of hydrogen-bond acceptors (Lipinski definition) is 3. The summed E-state index contributed by atoms with van der Waals surface area (Å²) in [4.78, 5) is 17.1. The van der Waals surface area contributed by atoms with Crippen LogP contribution in [0.3, 0.4) is 0 Å². The topological polar surface area (TPSA) is 71.8 Å². The van der Waals surface area contributed by atoms with Gasteiger partial charge in [-0.25, -0.2) is 4.98 Å². The van der Waals surface area contributed by atoms with Gasteiger partial charge in [-0.2, -0.15) is 0 Å². The molecule has 0 atom stereocenters. The minimum Gasteiger partial charge on any atom is -0.369 e. The van der Waals surface area contributed by atoms with Gasteiger partial charge in [0.1, 0.15) is 0 Å². The van der Waals surface area contributed by atoms with E-state index in [9.17, 15) is 4.79 Å². The van der Waals surface area contributed by atoms with E-state index in [4.69, 9.17) is 5.73 Å². The van der Waals surface area contributed by atoms with Gasteiger partial charge in [0.2, 0.25) is 5.95 Å². The van der Waals surface area contributed by atoms with Crippen molar-refractivity contribution in [1.29, 1.82) is 0 Å². The molecule has 0 radical (unpaired) electrons. The van der Waals surface area contributed by atoms with Gasteiger partial charge in [0.05, 0.1) is 0 Å². The fourth-order valence-corrected chi connectivity index (χ4v) is 0.667. The number of H-pyrrole nitrogens is 1. The molecule has 0 bridgehead atoms. The molecule has 4 heteroatoms. The maximum atomic E-state index is 10.9. The van der Waals surface area contributed by atoms with Gasteiger partial charge in [-0.15, -0.1) is 0 Å². The quantitative estimate of drug-likeness (QED) is 0.608. The minimum atomic E-state index is -0.162. The Morgan fingerprint density at radius 2 is 1.83 bits per heavy atom. The van der Waals surface area contributed by atoms with Crippen LogP contribution >= 0.6 is 0 Å². The number of nitrogens with two attached hydrogens (primary N) is 1. The Balaban J connectivity index is 0.000000561. The van der Waals surface area contributed by atoms with Gasteiger partial charge >= 0.3 is 0 Å². The van der Waals surface area contributed by atoms with Gasteiger partial charge in [0.15, 0.2) is 0 Å². The van der Waals surface area contributed by atoms with Crippen LogP contribution in [0, 0.1) is 13.8 Å². The first-order valence-corrected chi connectivity index (χ1v) is 3.94. The summed E-state index contributed by atoms with van der Waals surface area (Å²) in [5.41, 5.74) is 6.40. The Morgan fingerprint density at radius 3 is 2.25 bits per heavy atom. The minimum absolute atomic E-state index is 0.162. The van der Waals surface area contributed by atoms with Gasteiger partial charge in [-0.3, -0.25) is 9.78 Å². The molecule has 0 amide bonds. The molecule has 68 valence electrons. The lowest BCUT2D eigenvalue weighted by molar-refractivity contribution is 1.04. The van der Waals surface area contributed by atoms with E-state index in [0.717, 1.165) is 0 Å². The normalized spacial score (nSPS) is 8.67. The lowest BCUT2D eigenvalue weighted by Gasteiger charge is -1.97. The van der Waals surface area contributed by atoms with Crippen LogP contribution in [0.25, 0.3) is 0 Å². The Bertz CT molecular complexity index is 304. The monoisotopic (exact) mass is 169 g/mol. The Morgan fingerprint density at radius 1 is 1.33 bits per heavy atom. The summed E-state index contributed by atoms with van der Waals surface area (Å²) in [5, 5.41) is 0. The van der Waals surface area contributed by atoms with Crippen LogP contribution in [-0.4, -0.2) is 9.97 Å². The molecule has 1 aromatic rings. The van der Waals surface area contributed by atoms with E-state index in [1.807, 2.05) is 13.8 Å². The highest BCUT2D eigenvalue weighted by atomic mass is 16.1. The number of rotatable bonds is 0. The van der Waals surface area contributed by atoms with Gasteiger partial charge in [0, 0.05) is 11.3 Å². The van der Waals surface area contributed by atoms with Crippen molar-refractivity contribution in [3.63, 3.8) is 0 Å². The van der Waals surface area contributed by atoms with Gasteiger partial charge in [-0.05, 0) is 13.8 Å². The Kier molecular flexibility index (Phi) is 4.04. The van der Waals surface area contributed by atoms with Crippen molar-refractivity contribution in [3.05, 3.63) is 21.6 Å². The molecule has 3 N–H and O–H groups in total. The number of aromatic nitrogens is 2. The average Bonchev–Trinajstić information content (AvgIpc) is 2.04. The second-order valence-corrected chi connectivity index (χ2v) is 2.16. The molecule has 0 aromatic carbocycles. The summed E-state index contributed by atoms with van der Waals surface area (Å²) in [5.74, 6) is 0.174. The maximum Gasteiger partial charge on any atom is 0.255 e. The highest BCUT2D eigenvalue weighted by Crippen LogP contribution is 1.95. The zero-order chi connectivity index (χ0) is 9.72. The van der Waals surface area contributed by atoms with Crippen molar-refractivity contribution in [2.45, 2.75) is 27.7 Å². The van der Waals surface area contributed by atoms with Crippen molar-refractivity contribution in [1.82, 2.24) is 9.97 Å². The SMILES string of the molecule is CC.Cc1nc(N)[nH]c(=O)c1C. The Labute approximate surface area is 71.8 Å². The van der Waals surface area contributed by atoms with E-state index in [1.54, 1.807) is 13.8 Å². The van der Waals surface area contributed by atoms with Crippen LogP contribution in [0.15, 0.2) is 4.79 Å². The number of nitrogens with zero attached hydrogens (tertiary/aromatic N) is 1. The van der Waals surface area contributed by atoms with Gasteiger partial charge in [-0.1, -0.05) is 13.8 Å². The van der Waals surface area contributed by atoms with Crippen LogP contribution in [0.2, 0.25) is 0 Å². The fourth-order valence-electron chi connectivity index (χ4n) is 0.667. The number of nitrogen functional groups attached to an aromatic ring is 1. The lowest BCUT2D eigenvalue weighted by Crippen LogP contribution is -2.15. The molecule has 0 aliphatic heterocycles. The zero-order valence-corrected chi connectivity index (χ0v) is 7.93. The number of nitrogens with one attached hydrogen (secondary N) is 1. The van der Waals surface area contributed by atoms with E-state index in [0.29, 0.717) is 11.3 Å². The second-order valence-electron chi connectivity index (χ2n) is 2.16. The Hall–Kier alpha value is -1.32. The first kappa shape index (κ1) is 10.7. The van der Waals surface area contributed by atoms with Crippen LogP contribution in [-0.2, 0) is 0 Å². The number of hydrogen-bond donors (Lipinski definition) is 2. The summed E-state index contributed by atoms with van der Waals surface area (Å²) < 4.78 is 0. The van der Waals surface area contributed by atoms with E-state index in [-0.39, 0.29) is 11.5 Å². The highest BCUT2D eigenvalue weighted by molar-refractivity contribution is 5.22. The highest BCUT2D eigenvalue weighted by Gasteiger charge is 1.98. The number of aryl methyl sites for hydroxylation is 1. The van der Waals surface area contributed by atoms with Crippen LogP contribution in [0.4, 0.5) is 5.95 Å².